The average molecular weight is 383 g/mol. The first-order chi connectivity index (χ1) is 13.1. The highest BCUT2D eigenvalue weighted by atomic mass is 35.5. The van der Waals surface area contributed by atoms with Crippen LogP contribution in [0.15, 0.2) is 53.3 Å². The van der Waals surface area contributed by atoms with Crippen molar-refractivity contribution in [1.82, 2.24) is 9.97 Å². The van der Waals surface area contributed by atoms with Crippen molar-refractivity contribution in [3.63, 3.8) is 0 Å². The number of aromatic nitrogens is 2. The molecule has 7 heteroatoms. The van der Waals surface area contributed by atoms with E-state index in [1.165, 1.54) is 6.07 Å². The molecule has 4 aromatic rings. The molecule has 0 fully saturated rings. The SMILES string of the molecule is COc1cc2c(Cc3cccc(C(=O)O)n3)c(-c3ccoc3)[nH]c2cc1Cl. The minimum atomic E-state index is -1.06. The number of H-pyrrole nitrogens is 1. The first kappa shape index (κ1) is 17.2. The van der Waals surface area contributed by atoms with Crippen LogP contribution >= 0.6 is 11.6 Å². The summed E-state index contributed by atoms with van der Waals surface area (Å²) >= 11 is 6.26. The minimum absolute atomic E-state index is 0.0119. The molecule has 0 saturated heterocycles. The van der Waals surface area contributed by atoms with E-state index < -0.39 is 5.97 Å². The van der Waals surface area contributed by atoms with Crippen LogP contribution in [0.3, 0.4) is 0 Å². The third-order valence-electron chi connectivity index (χ3n) is 4.37. The van der Waals surface area contributed by atoms with Crippen LogP contribution in [0.5, 0.6) is 5.75 Å². The number of halogens is 1. The molecule has 0 unspecified atom stereocenters. The zero-order valence-corrected chi connectivity index (χ0v) is 15.1. The van der Waals surface area contributed by atoms with Crippen LogP contribution in [0, 0.1) is 0 Å². The third-order valence-corrected chi connectivity index (χ3v) is 4.67. The molecule has 0 aliphatic carbocycles. The fraction of sp³-hybridized carbons (Fsp3) is 0.100. The number of pyridine rings is 1. The Hall–Kier alpha value is -3.25. The molecule has 1 aromatic carbocycles. The molecule has 27 heavy (non-hydrogen) atoms. The van der Waals surface area contributed by atoms with Crippen molar-refractivity contribution in [1.29, 1.82) is 0 Å². The molecular formula is C20H15ClN2O4. The average Bonchev–Trinajstić information content (AvgIpc) is 3.29. The number of benzene rings is 1. The van der Waals surface area contributed by atoms with Gasteiger partial charge in [-0.25, -0.2) is 9.78 Å². The summed E-state index contributed by atoms with van der Waals surface area (Å²) in [5.74, 6) is -0.491. The van der Waals surface area contributed by atoms with Gasteiger partial charge in [0.15, 0.2) is 0 Å². The highest BCUT2D eigenvalue weighted by Crippen LogP contribution is 2.37. The Morgan fingerprint density at radius 2 is 2.19 bits per heavy atom. The van der Waals surface area contributed by atoms with E-state index in [0.717, 1.165) is 27.7 Å². The maximum absolute atomic E-state index is 11.2. The van der Waals surface area contributed by atoms with Gasteiger partial charge in [-0.2, -0.15) is 0 Å². The summed E-state index contributed by atoms with van der Waals surface area (Å²) in [4.78, 5) is 18.8. The molecule has 2 N–H and O–H groups in total. The number of carboxylic acid groups (broad SMARTS) is 1. The Bertz CT molecular complexity index is 1130. The number of hydrogen-bond donors (Lipinski definition) is 2. The molecule has 0 amide bonds. The lowest BCUT2D eigenvalue weighted by Gasteiger charge is -2.06. The fourth-order valence-electron chi connectivity index (χ4n) is 3.12. The Morgan fingerprint density at radius 3 is 2.89 bits per heavy atom. The lowest BCUT2D eigenvalue weighted by Crippen LogP contribution is -2.03. The molecule has 0 aliphatic rings. The Morgan fingerprint density at radius 1 is 1.33 bits per heavy atom. The Labute approximate surface area is 159 Å². The van der Waals surface area contributed by atoms with Crippen LogP contribution in [-0.2, 0) is 6.42 Å². The zero-order chi connectivity index (χ0) is 19.0. The van der Waals surface area contributed by atoms with Crippen molar-refractivity contribution in [3.8, 4) is 17.0 Å². The van der Waals surface area contributed by atoms with E-state index >= 15 is 0 Å². The molecular weight excluding hydrogens is 368 g/mol. The van der Waals surface area contributed by atoms with Crippen LogP contribution in [0.25, 0.3) is 22.2 Å². The van der Waals surface area contributed by atoms with Gasteiger partial charge < -0.3 is 19.2 Å². The quantitative estimate of drug-likeness (QED) is 0.518. The van der Waals surface area contributed by atoms with Crippen molar-refractivity contribution >= 4 is 28.5 Å². The number of carbonyl (C=O) groups is 1. The van der Waals surface area contributed by atoms with Crippen LogP contribution in [0.1, 0.15) is 21.7 Å². The van der Waals surface area contributed by atoms with Crippen LogP contribution in [-0.4, -0.2) is 28.2 Å². The molecule has 136 valence electrons. The van der Waals surface area contributed by atoms with Crippen molar-refractivity contribution in [2.24, 2.45) is 0 Å². The van der Waals surface area contributed by atoms with Gasteiger partial charge in [0.25, 0.3) is 0 Å². The minimum Gasteiger partial charge on any atom is -0.495 e. The van der Waals surface area contributed by atoms with E-state index in [0.29, 0.717) is 22.9 Å². The molecule has 0 saturated carbocycles. The molecule has 3 heterocycles. The van der Waals surface area contributed by atoms with Gasteiger partial charge in [0, 0.05) is 28.6 Å². The van der Waals surface area contributed by atoms with Crippen molar-refractivity contribution < 1.29 is 19.1 Å². The first-order valence-corrected chi connectivity index (χ1v) is 8.54. The van der Waals surface area contributed by atoms with Crippen LogP contribution in [0.2, 0.25) is 5.02 Å². The smallest absolute Gasteiger partial charge is 0.354 e. The van der Waals surface area contributed by atoms with Gasteiger partial charge in [-0.3, -0.25) is 0 Å². The summed E-state index contributed by atoms with van der Waals surface area (Å²) in [6.45, 7) is 0. The molecule has 0 spiro atoms. The maximum atomic E-state index is 11.2. The topological polar surface area (TPSA) is 88.3 Å². The summed E-state index contributed by atoms with van der Waals surface area (Å²) in [5.41, 5.74) is 4.21. The highest BCUT2D eigenvalue weighted by molar-refractivity contribution is 6.32. The second-order valence-electron chi connectivity index (χ2n) is 6.02. The molecule has 0 atom stereocenters. The Kier molecular flexibility index (Phi) is 4.33. The number of nitrogens with one attached hydrogen (secondary N) is 1. The number of aromatic carboxylic acids is 1. The second kappa shape index (κ2) is 6.81. The maximum Gasteiger partial charge on any atom is 0.354 e. The number of fused-ring (bicyclic) bond motifs is 1. The predicted molar refractivity (Wildman–Crippen MR) is 102 cm³/mol. The summed E-state index contributed by atoms with van der Waals surface area (Å²) in [5, 5.41) is 10.6. The molecule has 4 rings (SSSR count). The molecule has 3 aromatic heterocycles. The van der Waals surface area contributed by atoms with Crippen LogP contribution in [0.4, 0.5) is 0 Å². The number of aromatic amines is 1. The van der Waals surface area contributed by atoms with Gasteiger partial charge in [0.05, 0.1) is 30.4 Å². The van der Waals surface area contributed by atoms with Gasteiger partial charge in [0.1, 0.15) is 11.4 Å². The summed E-state index contributed by atoms with van der Waals surface area (Å²) in [6, 6.07) is 10.5. The van der Waals surface area contributed by atoms with Gasteiger partial charge in [-0.15, -0.1) is 0 Å². The predicted octanol–water partition coefficient (Wildman–Crippen LogP) is 4.77. The molecule has 0 bridgehead atoms. The lowest BCUT2D eigenvalue weighted by atomic mass is 10.0. The number of carboxylic acids is 1. The van der Waals surface area contributed by atoms with E-state index in [4.69, 9.17) is 20.8 Å². The van der Waals surface area contributed by atoms with Gasteiger partial charge in [-0.05, 0) is 35.9 Å². The lowest BCUT2D eigenvalue weighted by molar-refractivity contribution is 0.0690. The summed E-state index contributed by atoms with van der Waals surface area (Å²) < 4.78 is 10.6. The summed E-state index contributed by atoms with van der Waals surface area (Å²) in [7, 11) is 1.56. The van der Waals surface area contributed by atoms with Crippen molar-refractivity contribution in [2.45, 2.75) is 6.42 Å². The van der Waals surface area contributed by atoms with E-state index in [2.05, 4.69) is 9.97 Å². The van der Waals surface area contributed by atoms with E-state index in [1.54, 1.807) is 31.8 Å². The normalized spacial score (nSPS) is 11.0. The van der Waals surface area contributed by atoms with Crippen molar-refractivity contribution in [2.75, 3.05) is 7.11 Å². The molecule has 0 radical (unpaired) electrons. The number of nitrogens with zero attached hydrogens (tertiary/aromatic N) is 1. The number of ether oxygens (including phenoxy) is 1. The highest BCUT2D eigenvalue weighted by Gasteiger charge is 2.18. The first-order valence-electron chi connectivity index (χ1n) is 8.16. The second-order valence-corrected chi connectivity index (χ2v) is 6.43. The van der Waals surface area contributed by atoms with Crippen molar-refractivity contribution in [3.05, 3.63) is 70.9 Å². The van der Waals surface area contributed by atoms with Gasteiger partial charge in [-0.1, -0.05) is 17.7 Å². The van der Waals surface area contributed by atoms with E-state index in [9.17, 15) is 9.90 Å². The fourth-order valence-corrected chi connectivity index (χ4v) is 3.36. The third kappa shape index (κ3) is 3.15. The van der Waals surface area contributed by atoms with E-state index in [1.807, 2.05) is 18.2 Å². The number of furan rings is 1. The zero-order valence-electron chi connectivity index (χ0n) is 14.3. The van der Waals surface area contributed by atoms with E-state index in [-0.39, 0.29) is 5.69 Å². The monoisotopic (exact) mass is 382 g/mol. The molecule has 6 nitrogen and oxygen atoms in total. The number of rotatable bonds is 5. The number of methoxy groups -OCH3 is 1. The van der Waals surface area contributed by atoms with Crippen LogP contribution < -0.4 is 4.74 Å². The van der Waals surface area contributed by atoms with Gasteiger partial charge in [0.2, 0.25) is 0 Å². The number of hydrogen-bond acceptors (Lipinski definition) is 4. The summed E-state index contributed by atoms with van der Waals surface area (Å²) in [6.07, 6.45) is 3.68. The van der Waals surface area contributed by atoms with Gasteiger partial charge >= 0.3 is 5.97 Å². The Balaban J connectivity index is 1.90. The molecule has 0 aliphatic heterocycles. The standard InChI is InChI=1S/C20H15ClN2O4/c1-26-18-8-13-14(7-12-3-2-4-16(22-12)20(24)25)19(11-5-6-27-10-11)23-17(13)9-15(18)21/h2-6,8-10,23H,7H2,1H3,(H,24,25). The largest absolute Gasteiger partial charge is 0.495 e.